The predicted molar refractivity (Wildman–Crippen MR) is 78.8 cm³/mol. The SMILES string of the molecule is CN(C)c1nc(Cl)nc(NC2CCCC(C)(C)C2)n1. The van der Waals surface area contributed by atoms with E-state index in [0.29, 0.717) is 23.4 Å². The van der Waals surface area contributed by atoms with Crippen molar-refractivity contribution < 1.29 is 0 Å². The number of nitrogens with zero attached hydrogens (tertiary/aromatic N) is 4. The highest BCUT2D eigenvalue weighted by atomic mass is 35.5. The van der Waals surface area contributed by atoms with Crippen molar-refractivity contribution in [1.29, 1.82) is 0 Å². The van der Waals surface area contributed by atoms with E-state index in [9.17, 15) is 0 Å². The highest BCUT2D eigenvalue weighted by molar-refractivity contribution is 6.28. The summed E-state index contributed by atoms with van der Waals surface area (Å²) < 4.78 is 0. The first-order valence-electron chi connectivity index (χ1n) is 6.71. The summed E-state index contributed by atoms with van der Waals surface area (Å²) in [4.78, 5) is 14.5. The van der Waals surface area contributed by atoms with Crippen LogP contribution < -0.4 is 10.2 Å². The lowest BCUT2D eigenvalue weighted by Crippen LogP contribution is -2.32. The van der Waals surface area contributed by atoms with Gasteiger partial charge in [0.2, 0.25) is 17.2 Å². The molecule has 1 fully saturated rings. The fraction of sp³-hybridized carbons (Fsp3) is 0.769. The van der Waals surface area contributed by atoms with Crippen molar-refractivity contribution >= 4 is 23.5 Å². The normalized spacial score (nSPS) is 22.1. The Balaban J connectivity index is 2.10. The topological polar surface area (TPSA) is 53.9 Å². The third kappa shape index (κ3) is 3.93. The van der Waals surface area contributed by atoms with E-state index in [-0.39, 0.29) is 5.28 Å². The summed E-state index contributed by atoms with van der Waals surface area (Å²) in [6, 6.07) is 0.414. The molecule has 0 radical (unpaired) electrons. The minimum Gasteiger partial charge on any atom is -0.351 e. The number of halogens is 1. The zero-order valence-corrected chi connectivity index (χ0v) is 12.8. The summed E-state index contributed by atoms with van der Waals surface area (Å²) in [5, 5.41) is 3.63. The highest BCUT2D eigenvalue weighted by Crippen LogP contribution is 2.36. The minimum absolute atomic E-state index is 0.233. The van der Waals surface area contributed by atoms with Gasteiger partial charge in [-0.25, -0.2) is 0 Å². The van der Waals surface area contributed by atoms with E-state index >= 15 is 0 Å². The van der Waals surface area contributed by atoms with Crippen LogP contribution in [0.1, 0.15) is 39.5 Å². The first kappa shape index (κ1) is 14.3. The lowest BCUT2D eigenvalue weighted by Gasteiger charge is -2.35. The van der Waals surface area contributed by atoms with E-state index < -0.39 is 0 Å². The Kier molecular flexibility index (Phi) is 4.13. The largest absolute Gasteiger partial charge is 0.351 e. The maximum absolute atomic E-state index is 5.94. The summed E-state index contributed by atoms with van der Waals surface area (Å²) >= 11 is 5.94. The Morgan fingerprint density at radius 1 is 1.26 bits per heavy atom. The number of aromatic nitrogens is 3. The van der Waals surface area contributed by atoms with Gasteiger partial charge in [0.15, 0.2) is 0 Å². The van der Waals surface area contributed by atoms with Gasteiger partial charge in [-0.1, -0.05) is 20.3 Å². The molecule has 0 amide bonds. The van der Waals surface area contributed by atoms with Gasteiger partial charge in [-0.2, -0.15) is 15.0 Å². The Morgan fingerprint density at radius 2 is 2.00 bits per heavy atom. The molecule has 2 rings (SSSR count). The van der Waals surface area contributed by atoms with Gasteiger partial charge in [0.25, 0.3) is 0 Å². The molecule has 1 heterocycles. The third-order valence-electron chi connectivity index (χ3n) is 3.53. The standard InChI is InChI=1S/C13H22ClN5/c1-13(2)7-5-6-9(8-13)15-11-16-10(14)17-12(18-11)19(3)4/h9H,5-8H2,1-4H3,(H,15,16,17,18). The molecule has 106 valence electrons. The molecular weight excluding hydrogens is 262 g/mol. The predicted octanol–water partition coefficient (Wildman–Crippen LogP) is 2.97. The molecule has 0 spiro atoms. The van der Waals surface area contributed by atoms with Crippen LogP contribution >= 0.6 is 11.6 Å². The summed E-state index contributed by atoms with van der Waals surface area (Å²) in [6.07, 6.45) is 4.81. The van der Waals surface area contributed by atoms with Gasteiger partial charge in [0.05, 0.1) is 0 Å². The third-order valence-corrected chi connectivity index (χ3v) is 3.70. The number of rotatable bonds is 3. The van der Waals surface area contributed by atoms with Crippen LogP contribution in [-0.2, 0) is 0 Å². The number of hydrogen-bond donors (Lipinski definition) is 1. The monoisotopic (exact) mass is 283 g/mol. The molecule has 1 aromatic heterocycles. The molecule has 0 aromatic carbocycles. The van der Waals surface area contributed by atoms with Crippen molar-refractivity contribution in [3.05, 3.63) is 5.28 Å². The summed E-state index contributed by atoms with van der Waals surface area (Å²) in [5.74, 6) is 1.16. The zero-order valence-electron chi connectivity index (χ0n) is 12.1. The molecule has 1 N–H and O–H groups in total. The van der Waals surface area contributed by atoms with Crippen LogP contribution in [0.2, 0.25) is 5.28 Å². The fourth-order valence-corrected chi connectivity index (χ4v) is 2.76. The van der Waals surface area contributed by atoms with Crippen molar-refractivity contribution in [2.24, 2.45) is 5.41 Å². The Labute approximate surface area is 119 Å². The van der Waals surface area contributed by atoms with Gasteiger partial charge in [0, 0.05) is 20.1 Å². The van der Waals surface area contributed by atoms with Gasteiger partial charge in [-0.15, -0.1) is 0 Å². The maximum Gasteiger partial charge on any atom is 0.230 e. The molecule has 19 heavy (non-hydrogen) atoms. The Hall–Kier alpha value is -1.10. The highest BCUT2D eigenvalue weighted by Gasteiger charge is 2.28. The Bertz CT molecular complexity index is 447. The van der Waals surface area contributed by atoms with E-state index in [2.05, 4.69) is 34.1 Å². The van der Waals surface area contributed by atoms with Crippen molar-refractivity contribution in [1.82, 2.24) is 15.0 Å². The smallest absolute Gasteiger partial charge is 0.230 e. The lowest BCUT2D eigenvalue weighted by atomic mass is 9.75. The number of hydrogen-bond acceptors (Lipinski definition) is 5. The molecule has 1 aromatic rings. The molecule has 1 atom stereocenters. The average molecular weight is 284 g/mol. The first-order chi connectivity index (χ1) is 8.85. The fourth-order valence-electron chi connectivity index (χ4n) is 2.61. The molecule has 1 aliphatic carbocycles. The molecule has 1 saturated carbocycles. The molecule has 1 unspecified atom stereocenters. The molecule has 0 saturated heterocycles. The van der Waals surface area contributed by atoms with Crippen molar-refractivity contribution in [2.75, 3.05) is 24.3 Å². The van der Waals surface area contributed by atoms with Crippen LogP contribution in [0.5, 0.6) is 0 Å². The van der Waals surface area contributed by atoms with Gasteiger partial charge in [-0.3, -0.25) is 0 Å². The number of anilines is 2. The maximum atomic E-state index is 5.94. The van der Waals surface area contributed by atoms with Crippen LogP contribution in [0.4, 0.5) is 11.9 Å². The van der Waals surface area contributed by atoms with E-state index in [1.165, 1.54) is 12.8 Å². The summed E-state index contributed by atoms with van der Waals surface area (Å²) in [6.45, 7) is 4.62. The summed E-state index contributed by atoms with van der Waals surface area (Å²) in [5.41, 5.74) is 0.386. The van der Waals surface area contributed by atoms with E-state index in [4.69, 9.17) is 11.6 Å². The first-order valence-corrected chi connectivity index (χ1v) is 7.09. The minimum atomic E-state index is 0.233. The van der Waals surface area contributed by atoms with E-state index in [1.807, 2.05) is 19.0 Å². The summed E-state index contributed by atoms with van der Waals surface area (Å²) in [7, 11) is 3.78. The van der Waals surface area contributed by atoms with Crippen molar-refractivity contribution in [3.8, 4) is 0 Å². The molecule has 6 heteroatoms. The second kappa shape index (κ2) is 5.49. The van der Waals surface area contributed by atoms with Gasteiger partial charge < -0.3 is 10.2 Å². The molecule has 5 nitrogen and oxygen atoms in total. The van der Waals surface area contributed by atoms with E-state index in [0.717, 1.165) is 12.8 Å². The number of nitrogens with one attached hydrogen (secondary N) is 1. The average Bonchev–Trinajstić information content (AvgIpc) is 2.26. The van der Waals surface area contributed by atoms with Crippen molar-refractivity contribution in [2.45, 2.75) is 45.6 Å². The second-order valence-electron chi connectivity index (χ2n) is 6.22. The van der Waals surface area contributed by atoms with Crippen LogP contribution in [0, 0.1) is 5.41 Å². The van der Waals surface area contributed by atoms with Crippen LogP contribution in [0.25, 0.3) is 0 Å². The zero-order chi connectivity index (χ0) is 14.0. The van der Waals surface area contributed by atoms with Gasteiger partial charge in [0.1, 0.15) is 0 Å². The van der Waals surface area contributed by atoms with Gasteiger partial charge >= 0.3 is 0 Å². The second-order valence-corrected chi connectivity index (χ2v) is 6.56. The molecule has 1 aliphatic rings. The van der Waals surface area contributed by atoms with Crippen LogP contribution in [-0.4, -0.2) is 35.1 Å². The molecule has 0 bridgehead atoms. The van der Waals surface area contributed by atoms with Crippen molar-refractivity contribution in [3.63, 3.8) is 0 Å². The van der Waals surface area contributed by atoms with Crippen LogP contribution in [0.15, 0.2) is 0 Å². The Morgan fingerprint density at radius 3 is 2.63 bits per heavy atom. The van der Waals surface area contributed by atoms with E-state index in [1.54, 1.807) is 0 Å². The molecular formula is C13H22ClN5. The van der Waals surface area contributed by atoms with Crippen LogP contribution in [0.3, 0.4) is 0 Å². The quantitative estimate of drug-likeness (QED) is 0.924. The molecule has 0 aliphatic heterocycles. The van der Waals surface area contributed by atoms with Gasteiger partial charge in [-0.05, 0) is 36.3 Å². The lowest BCUT2D eigenvalue weighted by molar-refractivity contribution is 0.229.